The summed E-state index contributed by atoms with van der Waals surface area (Å²) >= 11 is 5.94. The second kappa shape index (κ2) is 10.0. The average Bonchev–Trinajstić information content (AvgIpc) is 2.67. The molecule has 0 saturated heterocycles. The number of benzene rings is 2. The molecule has 2 N–H and O–H groups in total. The summed E-state index contributed by atoms with van der Waals surface area (Å²) in [6.07, 6.45) is 0. The third-order valence-electron chi connectivity index (χ3n) is 5.36. The highest BCUT2D eigenvalue weighted by molar-refractivity contribution is 7.89. The second-order valence-corrected chi connectivity index (χ2v) is 11.2. The normalized spacial score (nSPS) is 13.9. The van der Waals surface area contributed by atoms with Crippen molar-refractivity contribution in [2.24, 2.45) is 0 Å². The van der Waals surface area contributed by atoms with Gasteiger partial charge in [-0.25, -0.2) is 12.8 Å². The van der Waals surface area contributed by atoms with Gasteiger partial charge >= 0.3 is 5.97 Å². The first-order valence-corrected chi connectivity index (χ1v) is 12.4. The smallest absolute Gasteiger partial charge is 0.325 e. The second-order valence-electron chi connectivity index (χ2n) is 9.15. The minimum absolute atomic E-state index is 0.126. The number of esters is 1. The first-order valence-electron chi connectivity index (χ1n) is 10.5. The van der Waals surface area contributed by atoms with Crippen LogP contribution in [0.15, 0.2) is 29.2 Å². The number of sulfonamides is 1. The van der Waals surface area contributed by atoms with E-state index in [4.69, 9.17) is 16.3 Å². The van der Waals surface area contributed by atoms with Gasteiger partial charge in [-0.3, -0.25) is 9.59 Å². The van der Waals surface area contributed by atoms with E-state index < -0.39 is 55.8 Å². The van der Waals surface area contributed by atoms with Crippen LogP contribution in [0, 0.1) is 19.7 Å². The summed E-state index contributed by atoms with van der Waals surface area (Å²) in [5, 5.41) is 10.4. The fraction of sp³-hybridized carbons (Fsp3) is 0.417. The van der Waals surface area contributed by atoms with Crippen molar-refractivity contribution in [2.45, 2.75) is 70.9 Å². The van der Waals surface area contributed by atoms with E-state index in [1.807, 2.05) is 0 Å². The maximum atomic E-state index is 14.8. The molecule has 0 bridgehead atoms. The topological polar surface area (TPSA) is 110 Å². The van der Waals surface area contributed by atoms with Crippen LogP contribution >= 0.6 is 11.6 Å². The van der Waals surface area contributed by atoms with Gasteiger partial charge in [-0.1, -0.05) is 24.6 Å². The number of aryl methyl sites for hydroxylation is 1. The van der Waals surface area contributed by atoms with Gasteiger partial charge in [0.15, 0.2) is 5.78 Å². The zero-order valence-corrected chi connectivity index (χ0v) is 21.7. The quantitative estimate of drug-likeness (QED) is 0.406. The van der Waals surface area contributed by atoms with E-state index in [1.54, 1.807) is 40.7 Å². The van der Waals surface area contributed by atoms with Crippen molar-refractivity contribution >= 4 is 33.4 Å². The van der Waals surface area contributed by atoms with E-state index in [0.29, 0.717) is 5.56 Å². The van der Waals surface area contributed by atoms with Gasteiger partial charge in [-0.2, -0.15) is 4.72 Å². The van der Waals surface area contributed by atoms with Crippen LogP contribution in [0.4, 0.5) is 4.39 Å². The van der Waals surface area contributed by atoms with Crippen LogP contribution in [-0.2, 0) is 19.6 Å². The van der Waals surface area contributed by atoms with E-state index in [1.165, 1.54) is 13.0 Å². The van der Waals surface area contributed by atoms with Gasteiger partial charge in [0.1, 0.15) is 28.1 Å². The number of hydrogen-bond acceptors (Lipinski definition) is 6. The molecule has 2 rings (SSSR count). The monoisotopic (exact) mass is 513 g/mol. The molecule has 186 valence electrons. The molecule has 10 heteroatoms. The number of ketones is 1. The van der Waals surface area contributed by atoms with Gasteiger partial charge in [-0.15, -0.1) is 0 Å². The molecule has 0 heterocycles. The van der Waals surface area contributed by atoms with Crippen molar-refractivity contribution in [1.82, 2.24) is 4.72 Å². The highest BCUT2D eigenvalue weighted by Crippen LogP contribution is 2.34. The number of phenolic OH excluding ortho intramolecular Hbond substituents is 1. The molecule has 0 saturated carbocycles. The third-order valence-corrected chi connectivity index (χ3v) is 7.15. The Kier molecular flexibility index (Phi) is 8.17. The number of carbonyl (C=O) groups excluding carboxylic acids is 2. The summed E-state index contributed by atoms with van der Waals surface area (Å²) in [4.78, 5) is 24.3. The average molecular weight is 514 g/mol. The Morgan fingerprint density at radius 1 is 1.15 bits per heavy atom. The zero-order valence-electron chi connectivity index (χ0n) is 20.1. The molecular formula is C24H29ClFNO6S. The molecule has 2 aromatic rings. The number of rotatable bonds is 7. The summed E-state index contributed by atoms with van der Waals surface area (Å²) in [5.41, 5.74) is 0.157. The van der Waals surface area contributed by atoms with Gasteiger partial charge in [-0.05, 0) is 76.4 Å². The number of Topliss-reactive ketones (excluding diaryl/α,β-unsaturated/α-hetero) is 1. The highest BCUT2D eigenvalue weighted by Gasteiger charge is 2.37. The molecule has 1 unspecified atom stereocenters. The van der Waals surface area contributed by atoms with Crippen LogP contribution in [0.2, 0.25) is 5.02 Å². The molecule has 0 aromatic heterocycles. The lowest BCUT2D eigenvalue weighted by Crippen LogP contribution is -2.47. The molecular weight excluding hydrogens is 485 g/mol. The van der Waals surface area contributed by atoms with Crippen molar-refractivity contribution in [2.75, 3.05) is 0 Å². The Labute approximate surface area is 204 Å². The van der Waals surface area contributed by atoms with E-state index in [2.05, 4.69) is 4.72 Å². The molecule has 0 radical (unpaired) electrons. The van der Waals surface area contributed by atoms with Crippen LogP contribution in [0.1, 0.15) is 67.6 Å². The molecule has 7 nitrogen and oxygen atoms in total. The van der Waals surface area contributed by atoms with Gasteiger partial charge < -0.3 is 9.84 Å². The van der Waals surface area contributed by atoms with E-state index in [-0.39, 0.29) is 16.1 Å². The molecule has 2 aromatic carbocycles. The third kappa shape index (κ3) is 5.95. The Balaban J connectivity index is 2.64. The molecule has 34 heavy (non-hydrogen) atoms. The summed E-state index contributed by atoms with van der Waals surface area (Å²) in [7, 11) is -4.59. The van der Waals surface area contributed by atoms with Crippen molar-refractivity contribution in [3.8, 4) is 5.75 Å². The lowest BCUT2D eigenvalue weighted by Gasteiger charge is -2.29. The first-order chi connectivity index (χ1) is 15.5. The van der Waals surface area contributed by atoms with Crippen LogP contribution in [-0.4, -0.2) is 36.9 Å². The van der Waals surface area contributed by atoms with E-state index in [0.717, 1.165) is 24.6 Å². The molecule has 2 atom stereocenters. The van der Waals surface area contributed by atoms with Crippen molar-refractivity contribution in [3.05, 3.63) is 57.4 Å². The van der Waals surface area contributed by atoms with Crippen molar-refractivity contribution in [1.29, 1.82) is 0 Å². The molecule has 0 spiro atoms. The zero-order chi connectivity index (χ0) is 26.2. The molecule has 0 amide bonds. The number of nitrogens with one attached hydrogen (secondary N) is 1. The maximum Gasteiger partial charge on any atom is 0.325 e. The lowest BCUT2D eigenvalue weighted by atomic mass is 9.88. The van der Waals surface area contributed by atoms with Gasteiger partial charge in [0.2, 0.25) is 10.0 Å². The predicted molar refractivity (Wildman–Crippen MR) is 127 cm³/mol. The first kappa shape index (κ1) is 27.8. The number of hydrogen-bond donors (Lipinski definition) is 2. The SMILES string of the molecule is CC(=O)c1c(Cl)ccc(S(=O)(=O)N[C@H](C(=O)OC(C)(C)C)C(C)c2c(F)ccc(C)c2C)c1O. The number of halogens is 2. The van der Waals surface area contributed by atoms with Crippen LogP contribution in [0.25, 0.3) is 0 Å². The lowest BCUT2D eigenvalue weighted by molar-refractivity contribution is -0.157. The standard InChI is InChI=1S/C24H29ClFNO6S/c1-12-8-10-17(26)19(13(12)2)14(3)21(23(30)33-24(5,6)7)27-34(31,32)18-11-9-16(25)20(15(4)28)22(18)29/h8-11,14,21,27,29H,1-7H3/t14?,21-/m0/s1. The Hall–Kier alpha value is -2.49. The summed E-state index contributed by atoms with van der Waals surface area (Å²) in [6, 6.07) is 3.46. The number of carbonyl (C=O) groups is 2. The Morgan fingerprint density at radius 3 is 2.26 bits per heavy atom. The summed E-state index contributed by atoms with van der Waals surface area (Å²) < 4.78 is 49.0. The molecule has 0 aliphatic heterocycles. The van der Waals surface area contributed by atoms with Gasteiger partial charge in [0.25, 0.3) is 0 Å². The largest absolute Gasteiger partial charge is 0.506 e. The van der Waals surface area contributed by atoms with Crippen molar-refractivity contribution in [3.63, 3.8) is 0 Å². The molecule has 0 aliphatic rings. The Bertz CT molecular complexity index is 1240. The highest BCUT2D eigenvalue weighted by atomic mass is 35.5. The summed E-state index contributed by atoms with van der Waals surface area (Å²) in [5.74, 6) is -4.00. The Morgan fingerprint density at radius 2 is 1.74 bits per heavy atom. The maximum absolute atomic E-state index is 14.8. The summed E-state index contributed by atoms with van der Waals surface area (Å²) in [6.45, 7) is 10.9. The van der Waals surface area contributed by atoms with E-state index in [9.17, 15) is 27.5 Å². The minimum atomic E-state index is -4.59. The number of phenols is 1. The molecule has 0 fully saturated rings. The van der Waals surface area contributed by atoms with Gasteiger partial charge in [0, 0.05) is 5.92 Å². The predicted octanol–water partition coefficient (Wildman–Crippen LogP) is 4.80. The van der Waals surface area contributed by atoms with Crippen LogP contribution in [0.3, 0.4) is 0 Å². The number of aromatic hydroxyl groups is 1. The minimum Gasteiger partial charge on any atom is -0.506 e. The number of ether oxygens (including phenoxy) is 1. The van der Waals surface area contributed by atoms with Crippen LogP contribution < -0.4 is 4.72 Å². The van der Waals surface area contributed by atoms with E-state index >= 15 is 0 Å². The fourth-order valence-corrected chi connectivity index (χ4v) is 5.23. The fourth-order valence-electron chi connectivity index (χ4n) is 3.58. The van der Waals surface area contributed by atoms with Crippen molar-refractivity contribution < 1.29 is 32.2 Å². The van der Waals surface area contributed by atoms with Crippen LogP contribution in [0.5, 0.6) is 5.75 Å². The van der Waals surface area contributed by atoms with Gasteiger partial charge in [0.05, 0.1) is 10.6 Å². The molecule has 0 aliphatic carbocycles.